The van der Waals surface area contributed by atoms with Gasteiger partial charge >= 0.3 is 0 Å². The van der Waals surface area contributed by atoms with E-state index in [-0.39, 0.29) is 30.5 Å². The van der Waals surface area contributed by atoms with Crippen molar-refractivity contribution in [3.05, 3.63) is 46.2 Å². The van der Waals surface area contributed by atoms with E-state index in [0.717, 1.165) is 37.2 Å². The van der Waals surface area contributed by atoms with Crippen molar-refractivity contribution in [3.8, 4) is 11.5 Å². The monoisotopic (exact) mass is 458 g/mol. The SMILES string of the molecule is COc1cccc(OC[C@@H]2c3ccsc3CCN2C(=O)CN(C[C@H]2CCCO2)C(C)=O)c1. The van der Waals surface area contributed by atoms with Gasteiger partial charge in [0.2, 0.25) is 11.8 Å². The van der Waals surface area contributed by atoms with Crippen molar-refractivity contribution in [2.45, 2.75) is 38.3 Å². The summed E-state index contributed by atoms with van der Waals surface area (Å²) in [5.74, 6) is 1.25. The number of carbonyl (C=O) groups is 2. The van der Waals surface area contributed by atoms with Gasteiger partial charge in [0.05, 0.1) is 25.8 Å². The van der Waals surface area contributed by atoms with Gasteiger partial charge in [-0.05, 0) is 48.4 Å². The summed E-state index contributed by atoms with van der Waals surface area (Å²) in [6.07, 6.45) is 2.77. The zero-order valence-corrected chi connectivity index (χ0v) is 19.4. The lowest BCUT2D eigenvalue weighted by molar-refractivity contribution is -0.142. The first-order valence-electron chi connectivity index (χ1n) is 11.0. The molecule has 1 fully saturated rings. The second kappa shape index (κ2) is 10.4. The van der Waals surface area contributed by atoms with Gasteiger partial charge in [-0.1, -0.05) is 6.07 Å². The van der Waals surface area contributed by atoms with Crippen LogP contribution in [0.25, 0.3) is 0 Å². The van der Waals surface area contributed by atoms with E-state index in [1.54, 1.807) is 23.3 Å². The van der Waals surface area contributed by atoms with Crippen molar-refractivity contribution in [3.63, 3.8) is 0 Å². The molecule has 0 saturated carbocycles. The third kappa shape index (κ3) is 5.24. The zero-order valence-electron chi connectivity index (χ0n) is 18.6. The molecule has 4 rings (SSSR count). The van der Waals surface area contributed by atoms with Crippen LogP contribution in [0, 0.1) is 0 Å². The molecule has 0 N–H and O–H groups in total. The predicted octanol–water partition coefficient (Wildman–Crippen LogP) is 3.29. The largest absolute Gasteiger partial charge is 0.497 e. The number of hydrogen-bond donors (Lipinski definition) is 0. The molecular formula is C24H30N2O5S. The Labute approximate surface area is 192 Å². The Bertz CT molecular complexity index is 940. The average Bonchev–Trinajstić information content (AvgIpc) is 3.49. The van der Waals surface area contributed by atoms with Crippen LogP contribution in [0.15, 0.2) is 35.7 Å². The van der Waals surface area contributed by atoms with Crippen molar-refractivity contribution in [2.24, 2.45) is 0 Å². The van der Waals surface area contributed by atoms with Gasteiger partial charge in [0.15, 0.2) is 0 Å². The van der Waals surface area contributed by atoms with Gasteiger partial charge < -0.3 is 24.0 Å². The molecule has 0 unspecified atom stereocenters. The van der Waals surface area contributed by atoms with E-state index < -0.39 is 0 Å². The number of rotatable bonds is 8. The Morgan fingerprint density at radius 2 is 2.12 bits per heavy atom. The van der Waals surface area contributed by atoms with E-state index in [9.17, 15) is 9.59 Å². The fourth-order valence-electron chi connectivity index (χ4n) is 4.33. The van der Waals surface area contributed by atoms with E-state index in [2.05, 4.69) is 11.4 Å². The van der Waals surface area contributed by atoms with E-state index in [4.69, 9.17) is 14.2 Å². The topological polar surface area (TPSA) is 68.3 Å². The molecule has 2 aliphatic rings. The number of fused-ring (bicyclic) bond motifs is 1. The second-order valence-electron chi connectivity index (χ2n) is 8.18. The summed E-state index contributed by atoms with van der Waals surface area (Å²) in [7, 11) is 1.62. The summed E-state index contributed by atoms with van der Waals surface area (Å²) in [5.41, 5.74) is 1.13. The molecular weight excluding hydrogens is 428 g/mol. The third-order valence-electron chi connectivity index (χ3n) is 6.08. The molecule has 2 aromatic rings. The molecule has 1 aromatic heterocycles. The third-order valence-corrected chi connectivity index (χ3v) is 7.08. The molecule has 2 atom stereocenters. The standard InChI is InChI=1S/C24H30N2O5S/c1-17(27)25(14-20-7-4-11-30-20)15-24(28)26-10-8-23-21(9-12-32-23)22(26)16-31-19-6-3-5-18(13-19)29-2/h3,5-6,9,12-13,20,22H,4,7-8,10-11,14-16H2,1-2H3/t20-,22-/m1/s1. The van der Waals surface area contributed by atoms with Crippen LogP contribution in [0.4, 0.5) is 0 Å². The van der Waals surface area contributed by atoms with Crippen molar-refractivity contribution in [1.82, 2.24) is 9.80 Å². The number of nitrogens with zero attached hydrogens (tertiary/aromatic N) is 2. The molecule has 32 heavy (non-hydrogen) atoms. The Kier molecular flexibility index (Phi) is 7.32. The van der Waals surface area contributed by atoms with E-state index in [1.807, 2.05) is 29.2 Å². The molecule has 7 nitrogen and oxygen atoms in total. The number of amides is 2. The highest BCUT2D eigenvalue weighted by Gasteiger charge is 2.33. The molecule has 3 heterocycles. The van der Waals surface area contributed by atoms with Crippen LogP contribution >= 0.6 is 11.3 Å². The molecule has 1 saturated heterocycles. The van der Waals surface area contributed by atoms with Gasteiger partial charge in [-0.15, -0.1) is 11.3 Å². The average molecular weight is 459 g/mol. The number of ether oxygens (including phenoxy) is 3. The minimum atomic E-state index is -0.194. The van der Waals surface area contributed by atoms with E-state index in [0.29, 0.717) is 25.4 Å². The van der Waals surface area contributed by atoms with Crippen LogP contribution in [0.5, 0.6) is 11.5 Å². The predicted molar refractivity (Wildman–Crippen MR) is 122 cm³/mol. The van der Waals surface area contributed by atoms with Gasteiger partial charge in [-0.25, -0.2) is 0 Å². The summed E-state index contributed by atoms with van der Waals surface area (Å²) in [4.78, 5) is 30.3. The minimum Gasteiger partial charge on any atom is -0.497 e. The van der Waals surface area contributed by atoms with Gasteiger partial charge in [0, 0.05) is 37.6 Å². The molecule has 0 aliphatic carbocycles. The Morgan fingerprint density at radius 1 is 1.28 bits per heavy atom. The van der Waals surface area contributed by atoms with Crippen LogP contribution in [-0.2, 0) is 20.7 Å². The summed E-state index contributed by atoms with van der Waals surface area (Å²) in [6, 6.07) is 9.34. The first kappa shape index (κ1) is 22.6. The minimum absolute atomic E-state index is 0.0173. The van der Waals surface area contributed by atoms with Crippen LogP contribution in [0.3, 0.4) is 0 Å². The van der Waals surface area contributed by atoms with E-state index in [1.165, 1.54) is 11.8 Å². The van der Waals surface area contributed by atoms with Crippen LogP contribution in [-0.4, -0.2) is 67.7 Å². The highest BCUT2D eigenvalue weighted by molar-refractivity contribution is 7.10. The number of benzene rings is 1. The molecule has 0 spiro atoms. The summed E-state index contributed by atoms with van der Waals surface area (Å²) < 4.78 is 17.0. The summed E-state index contributed by atoms with van der Waals surface area (Å²) in [6.45, 7) is 3.71. The number of thiophene rings is 1. The zero-order chi connectivity index (χ0) is 22.5. The normalized spacial score (nSPS) is 20.0. The molecule has 1 aromatic carbocycles. The lowest BCUT2D eigenvalue weighted by atomic mass is 10.0. The summed E-state index contributed by atoms with van der Waals surface area (Å²) >= 11 is 1.72. The molecule has 0 radical (unpaired) electrons. The quantitative estimate of drug-likeness (QED) is 0.607. The first-order valence-corrected chi connectivity index (χ1v) is 11.9. The molecule has 0 bridgehead atoms. The molecule has 172 valence electrons. The van der Waals surface area contributed by atoms with Gasteiger partial charge in [-0.3, -0.25) is 9.59 Å². The fraction of sp³-hybridized carbons (Fsp3) is 0.500. The molecule has 8 heteroatoms. The summed E-state index contributed by atoms with van der Waals surface area (Å²) in [5, 5.41) is 2.07. The molecule has 2 amide bonds. The maximum absolute atomic E-state index is 13.4. The number of carbonyl (C=O) groups excluding carboxylic acids is 2. The Balaban J connectivity index is 1.47. The maximum Gasteiger partial charge on any atom is 0.242 e. The Hall–Kier alpha value is -2.58. The number of methoxy groups -OCH3 is 1. The van der Waals surface area contributed by atoms with Crippen molar-refractivity contribution in [1.29, 1.82) is 0 Å². The second-order valence-corrected chi connectivity index (χ2v) is 9.18. The van der Waals surface area contributed by atoms with Crippen LogP contribution < -0.4 is 9.47 Å². The highest BCUT2D eigenvalue weighted by atomic mass is 32.1. The van der Waals surface area contributed by atoms with Gasteiger partial charge in [0.25, 0.3) is 0 Å². The highest BCUT2D eigenvalue weighted by Crippen LogP contribution is 2.34. The van der Waals surface area contributed by atoms with Crippen molar-refractivity contribution < 1.29 is 23.8 Å². The number of hydrogen-bond acceptors (Lipinski definition) is 6. The first-order chi connectivity index (χ1) is 15.5. The maximum atomic E-state index is 13.4. The lowest BCUT2D eigenvalue weighted by Gasteiger charge is -2.37. The van der Waals surface area contributed by atoms with Gasteiger partial charge in [-0.2, -0.15) is 0 Å². The van der Waals surface area contributed by atoms with Crippen LogP contribution in [0.1, 0.15) is 36.2 Å². The van der Waals surface area contributed by atoms with E-state index >= 15 is 0 Å². The lowest BCUT2D eigenvalue weighted by Crippen LogP contribution is -2.48. The Morgan fingerprint density at radius 3 is 2.88 bits per heavy atom. The smallest absolute Gasteiger partial charge is 0.242 e. The van der Waals surface area contributed by atoms with Crippen molar-refractivity contribution >= 4 is 23.2 Å². The van der Waals surface area contributed by atoms with Crippen LogP contribution in [0.2, 0.25) is 0 Å². The molecule has 2 aliphatic heterocycles. The fourth-order valence-corrected chi connectivity index (χ4v) is 5.26. The van der Waals surface area contributed by atoms with Gasteiger partial charge in [0.1, 0.15) is 18.1 Å². The van der Waals surface area contributed by atoms with Crippen molar-refractivity contribution in [2.75, 3.05) is 40.0 Å².